The number of hydrogen-bond acceptors (Lipinski definition) is 6. The second kappa shape index (κ2) is 10.6. The molecule has 5 rings (SSSR count). The first-order valence-electron chi connectivity index (χ1n) is 13.1. The van der Waals surface area contributed by atoms with Gasteiger partial charge in [0, 0.05) is 46.9 Å². The highest BCUT2D eigenvalue weighted by atomic mass is 16.7. The summed E-state index contributed by atoms with van der Waals surface area (Å²) < 4.78 is 11.8. The van der Waals surface area contributed by atoms with E-state index in [0.29, 0.717) is 17.7 Å². The number of H-pyrrole nitrogens is 1. The van der Waals surface area contributed by atoms with Gasteiger partial charge in [0.25, 0.3) is 0 Å². The standard InChI is InChI=1S/C31H34N2O5/c1-18-14-24(36-17-25-9-6-19(2)37-25)10-11-26(18)31(35)23-8-13-30-28(16-23)27-15-22(7-12-29(27)32-30)20(3)33(5)38-21(4)34/h7-8,10-16,19-20,25,32H,6,9,17H2,1-5H3. The molecule has 0 bridgehead atoms. The number of carbonyl (C=O) groups excluding carboxylic acids is 2. The number of nitrogens with one attached hydrogen (secondary N) is 1. The molecule has 0 radical (unpaired) electrons. The quantitative estimate of drug-likeness (QED) is 0.220. The number of carbonyl (C=O) groups is 2. The van der Waals surface area contributed by atoms with Crippen molar-refractivity contribution < 1.29 is 23.9 Å². The van der Waals surface area contributed by atoms with Crippen molar-refractivity contribution in [2.24, 2.45) is 0 Å². The largest absolute Gasteiger partial charge is 0.491 e. The summed E-state index contributed by atoms with van der Waals surface area (Å²) in [7, 11) is 1.74. The molecule has 7 heteroatoms. The predicted molar refractivity (Wildman–Crippen MR) is 147 cm³/mol. The molecule has 1 aromatic heterocycles. The molecule has 1 fully saturated rings. The third-order valence-electron chi connectivity index (χ3n) is 7.38. The Balaban J connectivity index is 1.39. The van der Waals surface area contributed by atoms with Crippen LogP contribution in [-0.2, 0) is 14.4 Å². The molecule has 0 aliphatic carbocycles. The normalized spacial score (nSPS) is 18.3. The Kier molecular flexibility index (Phi) is 7.23. The van der Waals surface area contributed by atoms with Crippen molar-refractivity contribution in [3.63, 3.8) is 0 Å². The first-order chi connectivity index (χ1) is 18.2. The number of rotatable bonds is 8. The molecule has 3 aromatic carbocycles. The van der Waals surface area contributed by atoms with Crippen LogP contribution in [0.4, 0.5) is 0 Å². The number of ketones is 1. The van der Waals surface area contributed by atoms with Crippen LogP contribution in [-0.4, -0.2) is 47.7 Å². The zero-order valence-corrected chi connectivity index (χ0v) is 22.5. The fraction of sp³-hybridized carbons (Fsp3) is 0.355. The van der Waals surface area contributed by atoms with Crippen LogP contribution in [0.3, 0.4) is 0 Å². The molecule has 1 saturated heterocycles. The second-order valence-electron chi connectivity index (χ2n) is 10.3. The maximum atomic E-state index is 13.5. The SMILES string of the molecule is CC(=O)ON(C)C(C)c1ccc2[nH]c3ccc(C(=O)c4ccc(OCC5CCC(C)O5)cc4C)cc3c2c1. The van der Waals surface area contributed by atoms with Crippen molar-refractivity contribution >= 4 is 33.6 Å². The van der Waals surface area contributed by atoms with Crippen molar-refractivity contribution in [2.75, 3.05) is 13.7 Å². The summed E-state index contributed by atoms with van der Waals surface area (Å²) in [6, 6.07) is 17.4. The number of benzene rings is 3. The highest BCUT2D eigenvalue weighted by molar-refractivity contribution is 6.14. The van der Waals surface area contributed by atoms with Crippen LogP contribution in [0, 0.1) is 6.92 Å². The molecular formula is C31H34N2O5. The second-order valence-corrected chi connectivity index (χ2v) is 10.3. The van der Waals surface area contributed by atoms with Gasteiger partial charge in [0.15, 0.2) is 5.78 Å². The number of fused-ring (bicyclic) bond motifs is 3. The average Bonchev–Trinajstić information content (AvgIpc) is 3.48. The molecule has 0 amide bonds. The van der Waals surface area contributed by atoms with Crippen LogP contribution in [0.1, 0.15) is 66.7 Å². The van der Waals surface area contributed by atoms with E-state index in [2.05, 4.69) is 18.0 Å². The van der Waals surface area contributed by atoms with Crippen molar-refractivity contribution in [1.29, 1.82) is 0 Å². The molecule has 2 heterocycles. The minimum absolute atomic E-state index is 0.0302. The maximum absolute atomic E-state index is 13.5. The van der Waals surface area contributed by atoms with Gasteiger partial charge in [-0.3, -0.25) is 9.59 Å². The highest BCUT2D eigenvalue weighted by Crippen LogP contribution is 2.31. The molecule has 38 heavy (non-hydrogen) atoms. The van der Waals surface area contributed by atoms with Crippen molar-refractivity contribution in [3.05, 3.63) is 76.9 Å². The smallest absolute Gasteiger partial charge is 0.322 e. The van der Waals surface area contributed by atoms with Crippen molar-refractivity contribution in [2.45, 2.75) is 58.8 Å². The zero-order valence-electron chi connectivity index (χ0n) is 22.5. The lowest BCUT2D eigenvalue weighted by atomic mass is 9.97. The number of nitrogens with zero attached hydrogens (tertiary/aromatic N) is 1. The Hall–Kier alpha value is -3.68. The molecule has 198 valence electrons. The minimum Gasteiger partial charge on any atom is -0.491 e. The van der Waals surface area contributed by atoms with E-state index < -0.39 is 0 Å². The predicted octanol–water partition coefficient (Wildman–Crippen LogP) is 6.28. The molecule has 3 atom stereocenters. The van der Waals surface area contributed by atoms with Crippen LogP contribution in [0.25, 0.3) is 21.8 Å². The third-order valence-corrected chi connectivity index (χ3v) is 7.38. The van der Waals surface area contributed by atoms with Gasteiger partial charge in [-0.05, 0) is 93.3 Å². The van der Waals surface area contributed by atoms with Gasteiger partial charge in [0.2, 0.25) is 0 Å². The minimum atomic E-state index is -0.358. The number of aryl methyl sites for hydroxylation is 1. The fourth-order valence-corrected chi connectivity index (χ4v) is 5.14. The Bertz CT molecular complexity index is 1510. The highest BCUT2D eigenvalue weighted by Gasteiger charge is 2.22. The fourth-order valence-electron chi connectivity index (χ4n) is 5.14. The first-order valence-corrected chi connectivity index (χ1v) is 13.1. The number of aromatic amines is 1. The van der Waals surface area contributed by atoms with E-state index in [4.69, 9.17) is 14.3 Å². The Labute approximate surface area is 222 Å². The Morgan fingerprint density at radius 1 is 1.05 bits per heavy atom. The topological polar surface area (TPSA) is 80.9 Å². The van der Waals surface area contributed by atoms with Gasteiger partial charge in [-0.15, -0.1) is 5.06 Å². The summed E-state index contributed by atoms with van der Waals surface area (Å²) >= 11 is 0. The van der Waals surface area contributed by atoms with E-state index in [1.165, 1.54) is 6.92 Å². The summed E-state index contributed by atoms with van der Waals surface area (Å²) in [6.07, 6.45) is 2.49. The van der Waals surface area contributed by atoms with E-state index in [0.717, 1.165) is 51.5 Å². The molecule has 0 saturated carbocycles. The van der Waals surface area contributed by atoms with Crippen LogP contribution in [0.2, 0.25) is 0 Å². The molecule has 7 nitrogen and oxygen atoms in total. The monoisotopic (exact) mass is 514 g/mol. The van der Waals surface area contributed by atoms with Crippen LogP contribution >= 0.6 is 0 Å². The van der Waals surface area contributed by atoms with Gasteiger partial charge in [-0.25, -0.2) is 0 Å². The summed E-state index contributed by atoms with van der Waals surface area (Å²) in [6.45, 7) is 7.91. The summed E-state index contributed by atoms with van der Waals surface area (Å²) in [4.78, 5) is 33.6. The van der Waals surface area contributed by atoms with E-state index in [-0.39, 0.29) is 30.0 Å². The number of ether oxygens (including phenoxy) is 2. The summed E-state index contributed by atoms with van der Waals surface area (Å²) in [5.41, 5.74) is 5.09. The molecule has 4 aromatic rings. The average molecular weight is 515 g/mol. The lowest BCUT2D eigenvalue weighted by Crippen LogP contribution is -2.25. The molecule has 1 aliphatic rings. The van der Waals surface area contributed by atoms with E-state index in [9.17, 15) is 9.59 Å². The van der Waals surface area contributed by atoms with Crippen LogP contribution < -0.4 is 4.74 Å². The van der Waals surface area contributed by atoms with Gasteiger partial charge in [0.05, 0.1) is 18.2 Å². The van der Waals surface area contributed by atoms with Crippen LogP contribution in [0.5, 0.6) is 5.75 Å². The van der Waals surface area contributed by atoms with E-state index in [1.54, 1.807) is 12.1 Å². The number of aromatic nitrogens is 1. The first kappa shape index (κ1) is 25.9. The van der Waals surface area contributed by atoms with E-state index in [1.807, 2.05) is 62.4 Å². The Morgan fingerprint density at radius 2 is 1.79 bits per heavy atom. The number of hydrogen-bond donors (Lipinski definition) is 1. The Morgan fingerprint density at radius 3 is 2.47 bits per heavy atom. The summed E-state index contributed by atoms with van der Waals surface area (Å²) in [5.74, 6) is 0.357. The molecule has 0 spiro atoms. The van der Waals surface area contributed by atoms with Crippen molar-refractivity contribution in [1.82, 2.24) is 10.0 Å². The maximum Gasteiger partial charge on any atom is 0.322 e. The molecule has 3 unspecified atom stereocenters. The molecule has 1 aliphatic heterocycles. The van der Waals surface area contributed by atoms with Crippen molar-refractivity contribution in [3.8, 4) is 5.75 Å². The van der Waals surface area contributed by atoms with Gasteiger partial charge in [-0.1, -0.05) is 6.07 Å². The van der Waals surface area contributed by atoms with Crippen LogP contribution in [0.15, 0.2) is 54.6 Å². The summed E-state index contributed by atoms with van der Waals surface area (Å²) in [5, 5.41) is 3.53. The zero-order chi connectivity index (χ0) is 27.0. The lowest BCUT2D eigenvalue weighted by Gasteiger charge is -2.23. The van der Waals surface area contributed by atoms with Gasteiger partial charge >= 0.3 is 5.97 Å². The van der Waals surface area contributed by atoms with Gasteiger partial charge in [-0.2, -0.15) is 0 Å². The lowest BCUT2D eigenvalue weighted by molar-refractivity contribution is -0.190. The third kappa shape index (κ3) is 5.30. The molecule has 1 N–H and O–H groups in total. The van der Waals surface area contributed by atoms with E-state index >= 15 is 0 Å². The molecular weight excluding hydrogens is 480 g/mol. The van der Waals surface area contributed by atoms with Gasteiger partial charge < -0.3 is 19.3 Å². The van der Waals surface area contributed by atoms with Gasteiger partial charge in [0.1, 0.15) is 12.4 Å². The number of hydroxylamine groups is 2.